The molecule has 2 bridgehead atoms. The minimum Gasteiger partial charge on any atom is -0.480 e. The molecule has 0 aromatic carbocycles. The summed E-state index contributed by atoms with van der Waals surface area (Å²) >= 11 is 0. The number of nitrogens with zero attached hydrogens (tertiary/aromatic N) is 1. The zero-order valence-electron chi connectivity index (χ0n) is 7.70. The van der Waals surface area contributed by atoms with Crippen LogP contribution in [0, 0.1) is 0 Å². The lowest BCUT2D eigenvalue weighted by Crippen LogP contribution is -2.46. The molecule has 2 N–H and O–H groups in total. The summed E-state index contributed by atoms with van der Waals surface area (Å²) in [4.78, 5) is 13.2. The lowest BCUT2D eigenvalue weighted by Gasteiger charge is -2.29. The Morgan fingerprint density at radius 3 is 3.00 bits per heavy atom. The Balaban J connectivity index is 2.01. The molecule has 0 aromatic rings. The summed E-state index contributed by atoms with van der Waals surface area (Å²) in [6, 6.07) is 0.0745. The van der Waals surface area contributed by atoms with E-state index in [1.54, 1.807) is 0 Å². The molecule has 2 fully saturated rings. The highest BCUT2D eigenvalue weighted by Crippen LogP contribution is 2.15. The van der Waals surface area contributed by atoms with Gasteiger partial charge >= 0.3 is 5.97 Å². The van der Waals surface area contributed by atoms with Gasteiger partial charge in [-0.05, 0) is 25.8 Å². The zero-order valence-corrected chi connectivity index (χ0v) is 7.70. The molecule has 3 atom stereocenters. The van der Waals surface area contributed by atoms with Crippen LogP contribution < -0.4 is 5.32 Å². The molecule has 4 nitrogen and oxygen atoms in total. The Hall–Kier alpha value is -0.610. The maximum atomic E-state index is 10.8. The van der Waals surface area contributed by atoms with E-state index in [1.165, 1.54) is 6.42 Å². The van der Waals surface area contributed by atoms with Crippen LogP contribution in [0.3, 0.4) is 0 Å². The van der Waals surface area contributed by atoms with Crippen molar-refractivity contribution in [2.45, 2.75) is 31.3 Å². The predicted octanol–water partition coefficient (Wildman–Crippen LogP) is -0.103. The van der Waals surface area contributed by atoms with Crippen molar-refractivity contribution >= 4 is 5.97 Å². The fourth-order valence-electron chi connectivity index (χ4n) is 2.27. The quantitative estimate of drug-likeness (QED) is 0.597. The molecule has 0 aromatic heterocycles. The van der Waals surface area contributed by atoms with E-state index in [4.69, 9.17) is 5.11 Å². The number of nitrogens with one attached hydrogen (secondary N) is 1. The number of carboxylic acid groups (broad SMARTS) is 1. The van der Waals surface area contributed by atoms with Gasteiger partial charge in [-0.25, -0.2) is 0 Å². The monoisotopic (exact) mass is 184 g/mol. The van der Waals surface area contributed by atoms with E-state index in [9.17, 15) is 4.79 Å². The highest BCUT2D eigenvalue weighted by molar-refractivity contribution is 5.73. The standard InChI is InChI=1S/C9H16N2O2/c12-9(13)8-3-5-11-4-1-2-7(6-11)10-8/h7-8,10H,1-6H2,(H,12,13). The Morgan fingerprint density at radius 1 is 1.38 bits per heavy atom. The van der Waals surface area contributed by atoms with Crippen molar-refractivity contribution in [3.05, 3.63) is 0 Å². The molecule has 2 aliphatic heterocycles. The van der Waals surface area contributed by atoms with Gasteiger partial charge in [-0.2, -0.15) is 0 Å². The van der Waals surface area contributed by atoms with E-state index < -0.39 is 5.97 Å². The molecule has 0 saturated carbocycles. The number of carboxylic acids is 1. The molecule has 0 aliphatic carbocycles. The Labute approximate surface area is 77.9 Å². The maximum Gasteiger partial charge on any atom is 0.320 e. The first-order valence-electron chi connectivity index (χ1n) is 4.97. The number of hydrogen-bond donors (Lipinski definition) is 2. The second kappa shape index (κ2) is 3.64. The Morgan fingerprint density at radius 2 is 2.23 bits per heavy atom. The number of fused-ring (bicyclic) bond motifs is 2. The summed E-state index contributed by atoms with van der Waals surface area (Å²) in [6.45, 7) is 3.11. The van der Waals surface area contributed by atoms with Crippen LogP contribution in [0.5, 0.6) is 0 Å². The van der Waals surface area contributed by atoms with Crippen molar-refractivity contribution in [1.29, 1.82) is 0 Å². The molecule has 2 rings (SSSR count). The average Bonchev–Trinajstić information content (AvgIpc) is 2.25. The van der Waals surface area contributed by atoms with Crippen molar-refractivity contribution in [2.24, 2.45) is 0 Å². The first kappa shape index (κ1) is 8.97. The minimum absolute atomic E-state index is 0.326. The molecule has 0 amide bonds. The summed E-state index contributed by atoms with van der Waals surface area (Å²) in [6.07, 6.45) is 3.07. The van der Waals surface area contributed by atoms with E-state index >= 15 is 0 Å². The van der Waals surface area contributed by atoms with Crippen LogP contribution in [-0.2, 0) is 4.79 Å². The van der Waals surface area contributed by atoms with Crippen LogP contribution >= 0.6 is 0 Å². The second-order valence-corrected chi connectivity index (χ2v) is 3.99. The van der Waals surface area contributed by atoms with Crippen LogP contribution in [0.15, 0.2) is 0 Å². The van der Waals surface area contributed by atoms with E-state index in [0.717, 1.165) is 32.5 Å². The molecule has 13 heavy (non-hydrogen) atoms. The summed E-state index contributed by atoms with van der Waals surface area (Å²) in [5, 5.41) is 12.1. The van der Waals surface area contributed by atoms with Crippen LogP contribution in [0.1, 0.15) is 19.3 Å². The largest absolute Gasteiger partial charge is 0.480 e. The van der Waals surface area contributed by atoms with E-state index in [-0.39, 0.29) is 6.04 Å². The van der Waals surface area contributed by atoms with Crippen LogP contribution in [-0.4, -0.2) is 47.7 Å². The molecule has 3 unspecified atom stereocenters. The fraction of sp³-hybridized carbons (Fsp3) is 0.889. The minimum atomic E-state index is -0.700. The lowest BCUT2D eigenvalue weighted by molar-refractivity contribution is -0.139. The summed E-state index contributed by atoms with van der Waals surface area (Å²) in [7, 11) is 0. The summed E-state index contributed by atoms with van der Waals surface area (Å²) in [5.41, 5.74) is 0. The van der Waals surface area contributed by atoms with Gasteiger partial charge in [0.05, 0.1) is 0 Å². The molecule has 2 heterocycles. The van der Waals surface area contributed by atoms with Crippen LogP contribution in [0.2, 0.25) is 0 Å². The van der Waals surface area contributed by atoms with Gasteiger partial charge in [-0.1, -0.05) is 0 Å². The van der Waals surface area contributed by atoms with Gasteiger partial charge in [0.25, 0.3) is 0 Å². The number of piperidine rings is 1. The van der Waals surface area contributed by atoms with Gasteiger partial charge in [-0.15, -0.1) is 0 Å². The molecule has 0 radical (unpaired) electrons. The number of aliphatic carboxylic acids is 1. The summed E-state index contributed by atoms with van der Waals surface area (Å²) in [5.74, 6) is -0.700. The SMILES string of the molecule is O=C(O)C1CCN2CCCC(C2)N1. The van der Waals surface area contributed by atoms with Crippen LogP contribution in [0.25, 0.3) is 0 Å². The van der Waals surface area contributed by atoms with E-state index in [1.807, 2.05) is 0 Å². The zero-order chi connectivity index (χ0) is 9.26. The third-order valence-electron chi connectivity index (χ3n) is 2.97. The van der Waals surface area contributed by atoms with Gasteiger partial charge in [0, 0.05) is 19.1 Å². The molecular formula is C9H16N2O2. The average molecular weight is 184 g/mol. The summed E-state index contributed by atoms with van der Waals surface area (Å²) < 4.78 is 0. The molecule has 2 aliphatic rings. The first-order chi connectivity index (χ1) is 6.25. The highest BCUT2D eigenvalue weighted by Gasteiger charge is 2.29. The third kappa shape index (κ3) is 2.00. The Bertz CT molecular complexity index is 208. The normalized spacial score (nSPS) is 39.5. The van der Waals surface area contributed by atoms with Crippen molar-refractivity contribution in [3.8, 4) is 0 Å². The second-order valence-electron chi connectivity index (χ2n) is 3.99. The molecule has 2 saturated heterocycles. The van der Waals surface area contributed by atoms with Gasteiger partial charge in [0.15, 0.2) is 0 Å². The molecular weight excluding hydrogens is 168 g/mol. The van der Waals surface area contributed by atoms with Crippen LogP contribution in [0.4, 0.5) is 0 Å². The smallest absolute Gasteiger partial charge is 0.320 e. The number of carbonyl (C=O) groups is 1. The van der Waals surface area contributed by atoms with Crippen molar-refractivity contribution in [1.82, 2.24) is 10.2 Å². The number of hydrogen-bond acceptors (Lipinski definition) is 3. The van der Waals surface area contributed by atoms with Crippen molar-refractivity contribution < 1.29 is 9.90 Å². The highest BCUT2D eigenvalue weighted by atomic mass is 16.4. The first-order valence-corrected chi connectivity index (χ1v) is 4.97. The van der Waals surface area contributed by atoms with Gasteiger partial charge in [0.2, 0.25) is 0 Å². The lowest BCUT2D eigenvalue weighted by atomic mass is 10.1. The van der Waals surface area contributed by atoms with E-state index in [0.29, 0.717) is 6.04 Å². The van der Waals surface area contributed by atoms with Crippen molar-refractivity contribution in [3.63, 3.8) is 0 Å². The van der Waals surface area contributed by atoms with Gasteiger partial charge < -0.3 is 15.3 Å². The fourth-order valence-corrected chi connectivity index (χ4v) is 2.27. The topological polar surface area (TPSA) is 52.6 Å². The molecule has 0 spiro atoms. The van der Waals surface area contributed by atoms with E-state index in [2.05, 4.69) is 10.2 Å². The predicted molar refractivity (Wildman–Crippen MR) is 48.6 cm³/mol. The number of rotatable bonds is 1. The van der Waals surface area contributed by atoms with Gasteiger partial charge in [-0.3, -0.25) is 4.79 Å². The van der Waals surface area contributed by atoms with Gasteiger partial charge in [0.1, 0.15) is 6.04 Å². The maximum absolute atomic E-state index is 10.8. The van der Waals surface area contributed by atoms with Crippen molar-refractivity contribution in [2.75, 3.05) is 19.6 Å². The molecule has 4 heteroatoms. The third-order valence-corrected chi connectivity index (χ3v) is 2.97. The Kier molecular flexibility index (Phi) is 2.51. The molecule has 74 valence electrons.